The van der Waals surface area contributed by atoms with Crippen molar-refractivity contribution in [2.24, 2.45) is 5.73 Å². The van der Waals surface area contributed by atoms with Gasteiger partial charge in [0.25, 0.3) is 0 Å². The minimum absolute atomic E-state index is 0.820. The van der Waals surface area contributed by atoms with Gasteiger partial charge >= 0.3 is 0 Å². The summed E-state index contributed by atoms with van der Waals surface area (Å²) in [6.07, 6.45) is 5.62. The number of hydrogen-bond acceptors (Lipinski definition) is 4. The minimum atomic E-state index is 0.820. The second kappa shape index (κ2) is 7.96. The molecule has 0 aliphatic carbocycles. The van der Waals surface area contributed by atoms with Crippen molar-refractivity contribution >= 4 is 21.7 Å². The monoisotopic (exact) mass is 340 g/mol. The number of nitrogens with two attached hydrogens (primary N) is 1. The summed E-state index contributed by atoms with van der Waals surface area (Å²) >= 11 is 3.63. The van der Waals surface area contributed by atoms with Crippen LogP contribution in [-0.4, -0.2) is 49.2 Å². The van der Waals surface area contributed by atoms with Crippen LogP contribution in [0.1, 0.15) is 24.8 Å². The van der Waals surface area contributed by atoms with Gasteiger partial charge in [0.1, 0.15) is 5.82 Å². The average molecular weight is 341 g/mol. The third kappa shape index (κ3) is 4.43. The molecule has 0 saturated carbocycles. The first-order chi connectivity index (χ1) is 9.70. The van der Waals surface area contributed by atoms with Crippen LogP contribution < -0.4 is 10.6 Å². The molecular weight excluding hydrogens is 316 g/mol. The molecule has 2 heterocycles. The second-order valence-corrected chi connectivity index (χ2v) is 6.35. The molecule has 1 aromatic rings. The van der Waals surface area contributed by atoms with Crippen LogP contribution in [0.5, 0.6) is 0 Å². The third-order valence-corrected chi connectivity index (χ3v) is 4.39. The first-order valence-corrected chi connectivity index (χ1v) is 8.29. The summed E-state index contributed by atoms with van der Waals surface area (Å²) in [4.78, 5) is 9.49. The van der Waals surface area contributed by atoms with E-state index >= 15 is 0 Å². The van der Waals surface area contributed by atoms with Gasteiger partial charge in [0.2, 0.25) is 0 Å². The zero-order valence-electron chi connectivity index (χ0n) is 12.3. The molecule has 0 bridgehead atoms. The van der Waals surface area contributed by atoms with E-state index in [0.29, 0.717) is 0 Å². The number of pyridine rings is 1. The quantitative estimate of drug-likeness (QED) is 0.807. The van der Waals surface area contributed by atoms with Gasteiger partial charge in [-0.15, -0.1) is 0 Å². The zero-order chi connectivity index (χ0) is 14.4. The smallest absolute Gasteiger partial charge is 0.142 e. The third-order valence-electron chi connectivity index (χ3n) is 3.81. The minimum Gasteiger partial charge on any atom is -0.353 e. The zero-order valence-corrected chi connectivity index (χ0v) is 13.9. The molecule has 2 rings (SSSR count). The van der Waals surface area contributed by atoms with Crippen LogP contribution in [0.3, 0.4) is 0 Å². The van der Waals surface area contributed by atoms with Gasteiger partial charge in [0.15, 0.2) is 0 Å². The highest BCUT2D eigenvalue weighted by atomic mass is 79.9. The molecule has 1 aliphatic rings. The van der Waals surface area contributed by atoms with Gasteiger partial charge in [-0.25, -0.2) is 4.98 Å². The number of rotatable bonds is 6. The van der Waals surface area contributed by atoms with Crippen LogP contribution in [-0.2, 0) is 0 Å². The van der Waals surface area contributed by atoms with E-state index < -0.39 is 0 Å². The van der Waals surface area contributed by atoms with Gasteiger partial charge in [-0.05, 0) is 60.4 Å². The number of hydrogen-bond donors (Lipinski definition) is 1. The van der Waals surface area contributed by atoms with Gasteiger partial charge in [0.05, 0.1) is 4.47 Å². The van der Waals surface area contributed by atoms with Crippen LogP contribution in [0, 0.1) is 6.92 Å². The Bertz CT molecular complexity index is 416. The summed E-state index contributed by atoms with van der Waals surface area (Å²) in [6.45, 7) is 8.48. The molecule has 2 N–H and O–H groups in total. The maximum absolute atomic E-state index is 5.52. The van der Waals surface area contributed by atoms with Crippen molar-refractivity contribution in [1.29, 1.82) is 0 Å². The van der Waals surface area contributed by atoms with E-state index in [1.807, 2.05) is 6.20 Å². The predicted molar refractivity (Wildman–Crippen MR) is 88.2 cm³/mol. The Balaban J connectivity index is 1.79. The normalized spacial score (nSPS) is 16.6. The number of unbranched alkanes of at least 4 members (excludes halogenated alkanes) is 2. The summed E-state index contributed by atoms with van der Waals surface area (Å²) in [7, 11) is 0. The van der Waals surface area contributed by atoms with Crippen LogP contribution in [0.2, 0.25) is 0 Å². The fourth-order valence-corrected chi connectivity index (χ4v) is 3.31. The summed E-state index contributed by atoms with van der Waals surface area (Å²) in [6, 6.07) is 2.14. The molecule has 5 heteroatoms. The van der Waals surface area contributed by atoms with E-state index in [1.54, 1.807) is 0 Å². The number of anilines is 1. The average Bonchev–Trinajstić information content (AvgIpc) is 2.45. The Labute approximate surface area is 130 Å². The van der Waals surface area contributed by atoms with Crippen molar-refractivity contribution in [1.82, 2.24) is 9.88 Å². The van der Waals surface area contributed by atoms with E-state index in [2.05, 4.69) is 43.7 Å². The molecule has 20 heavy (non-hydrogen) atoms. The molecule has 0 amide bonds. The predicted octanol–water partition coefficient (Wildman–Crippen LogP) is 2.40. The Morgan fingerprint density at radius 1 is 1.20 bits per heavy atom. The number of halogens is 1. The van der Waals surface area contributed by atoms with Crippen molar-refractivity contribution in [2.75, 3.05) is 44.2 Å². The largest absolute Gasteiger partial charge is 0.353 e. The van der Waals surface area contributed by atoms with Gasteiger partial charge < -0.3 is 10.6 Å². The lowest BCUT2D eigenvalue weighted by Crippen LogP contribution is -2.47. The lowest BCUT2D eigenvalue weighted by molar-refractivity contribution is 0.252. The van der Waals surface area contributed by atoms with Crippen molar-refractivity contribution in [3.8, 4) is 0 Å². The van der Waals surface area contributed by atoms with E-state index in [-0.39, 0.29) is 0 Å². The standard InChI is InChI=1S/C15H25BrN4/c1-13-11-14(16)15(18-12-13)20-9-7-19(8-10-20)6-4-2-3-5-17/h11-12H,2-10,17H2,1H3. The molecule has 0 radical (unpaired) electrons. The second-order valence-electron chi connectivity index (χ2n) is 5.50. The van der Waals surface area contributed by atoms with Crippen LogP contribution >= 0.6 is 15.9 Å². The summed E-state index contributed by atoms with van der Waals surface area (Å²) in [5.74, 6) is 1.08. The number of piperazine rings is 1. The van der Waals surface area contributed by atoms with E-state index in [4.69, 9.17) is 5.73 Å². The highest BCUT2D eigenvalue weighted by Gasteiger charge is 2.19. The van der Waals surface area contributed by atoms with Gasteiger partial charge in [-0.2, -0.15) is 0 Å². The van der Waals surface area contributed by atoms with Crippen molar-refractivity contribution in [2.45, 2.75) is 26.2 Å². The maximum atomic E-state index is 5.52. The number of aromatic nitrogens is 1. The van der Waals surface area contributed by atoms with E-state index in [9.17, 15) is 0 Å². The van der Waals surface area contributed by atoms with Crippen LogP contribution in [0.15, 0.2) is 16.7 Å². The van der Waals surface area contributed by atoms with Crippen LogP contribution in [0.4, 0.5) is 5.82 Å². The molecule has 0 spiro atoms. The van der Waals surface area contributed by atoms with E-state index in [1.165, 1.54) is 24.9 Å². The Morgan fingerprint density at radius 2 is 1.95 bits per heavy atom. The van der Waals surface area contributed by atoms with Crippen molar-refractivity contribution < 1.29 is 0 Å². The molecule has 0 atom stereocenters. The topological polar surface area (TPSA) is 45.4 Å². The molecule has 1 fully saturated rings. The fourth-order valence-electron chi connectivity index (χ4n) is 2.60. The van der Waals surface area contributed by atoms with Crippen LogP contribution in [0.25, 0.3) is 0 Å². The Morgan fingerprint density at radius 3 is 2.60 bits per heavy atom. The van der Waals surface area contributed by atoms with E-state index in [0.717, 1.165) is 49.4 Å². The first-order valence-electron chi connectivity index (χ1n) is 7.50. The number of aryl methyl sites for hydroxylation is 1. The summed E-state index contributed by atoms with van der Waals surface area (Å²) in [5.41, 5.74) is 6.72. The molecule has 112 valence electrons. The molecule has 1 aromatic heterocycles. The lowest BCUT2D eigenvalue weighted by Gasteiger charge is -2.35. The Kier molecular flexibility index (Phi) is 6.26. The van der Waals surface area contributed by atoms with Crippen molar-refractivity contribution in [3.05, 3.63) is 22.3 Å². The van der Waals surface area contributed by atoms with Crippen molar-refractivity contribution in [3.63, 3.8) is 0 Å². The van der Waals surface area contributed by atoms with Gasteiger partial charge in [0, 0.05) is 32.4 Å². The molecular formula is C15H25BrN4. The maximum Gasteiger partial charge on any atom is 0.142 e. The molecule has 1 aliphatic heterocycles. The summed E-state index contributed by atoms with van der Waals surface area (Å²) in [5, 5.41) is 0. The molecule has 0 aromatic carbocycles. The van der Waals surface area contributed by atoms with Gasteiger partial charge in [-0.1, -0.05) is 6.42 Å². The Hall–Kier alpha value is -0.650. The first kappa shape index (κ1) is 15.7. The molecule has 4 nitrogen and oxygen atoms in total. The fraction of sp³-hybridized carbons (Fsp3) is 0.667. The van der Waals surface area contributed by atoms with Gasteiger partial charge in [-0.3, -0.25) is 4.90 Å². The SMILES string of the molecule is Cc1cnc(N2CCN(CCCCCN)CC2)c(Br)c1. The molecule has 0 unspecified atom stereocenters. The summed E-state index contributed by atoms with van der Waals surface area (Å²) < 4.78 is 1.11. The number of nitrogens with zero attached hydrogens (tertiary/aromatic N) is 3. The molecule has 1 saturated heterocycles. The highest BCUT2D eigenvalue weighted by Crippen LogP contribution is 2.25. The highest BCUT2D eigenvalue weighted by molar-refractivity contribution is 9.10. The lowest BCUT2D eigenvalue weighted by atomic mass is 10.2.